The van der Waals surface area contributed by atoms with Crippen LogP contribution < -0.4 is 0 Å². The number of carbonyl (C=O) groups is 1. The maximum Gasteiger partial charge on any atom is 0.219 e. The van der Waals surface area contributed by atoms with Gasteiger partial charge >= 0.3 is 0 Å². The van der Waals surface area contributed by atoms with E-state index in [1.54, 1.807) is 6.92 Å². The van der Waals surface area contributed by atoms with E-state index in [-0.39, 0.29) is 23.0 Å². The summed E-state index contributed by atoms with van der Waals surface area (Å²) in [6.07, 6.45) is 3.71. The Morgan fingerprint density at radius 1 is 1.10 bits per heavy atom. The molecule has 1 saturated heterocycles. The first kappa shape index (κ1) is 21.6. The van der Waals surface area contributed by atoms with Gasteiger partial charge in [-0.2, -0.15) is 0 Å². The zero-order valence-corrected chi connectivity index (χ0v) is 18.4. The molecule has 0 N–H and O–H groups in total. The summed E-state index contributed by atoms with van der Waals surface area (Å²) in [5.41, 5.74) is 2.47. The lowest BCUT2D eigenvalue weighted by Crippen LogP contribution is -2.49. The van der Waals surface area contributed by atoms with Crippen LogP contribution in [0.25, 0.3) is 0 Å². The van der Waals surface area contributed by atoms with Gasteiger partial charge in [0.1, 0.15) is 0 Å². The van der Waals surface area contributed by atoms with Gasteiger partial charge in [0.15, 0.2) is 0 Å². The fourth-order valence-electron chi connectivity index (χ4n) is 4.65. The van der Waals surface area contributed by atoms with Crippen LogP contribution in [0.3, 0.4) is 0 Å². The van der Waals surface area contributed by atoms with Crippen molar-refractivity contribution in [3.05, 3.63) is 71.8 Å². The molecule has 0 unspecified atom stereocenters. The molecule has 3 rings (SSSR count). The first-order valence-corrected chi connectivity index (χ1v) is 10.8. The van der Waals surface area contributed by atoms with Crippen molar-refractivity contribution in [1.29, 1.82) is 0 Å². The van der Waals surface area contributed by atoms with Crippen molar-refractivity contribution in [2.45, 2.75) is 70.4 Å². The highest BCUT2D eigenvalue weighted by Gasteiger charge is 2.35. The van der Waals surface area contributed by atoms with Gasteiger partial charge < -0.3 is 9.64 Å². The van der Waals surface area contributed by atoms with E-state index in [9.17, 15) is 4.79 Å². The van der Waals surface area contributed by atoms with Gasteiger partial charge in [0.05, 0.1) is 5.60 Å². The fraction of sp³-hybridized carbons (Fsp3) is 0.500. The van der Waals surface area contributed by atoms with E-state index in [0.29, 0.717) is 0 Å². The molecule has 1 aliphatic heterocycles. The fourth-order valence-corrected chi connectivity index (χ4v) is 4.65. The molecule has 0 spiro atoms. The molecule has 0 bridgehead atoms. The number of nitrogens with zero attached hydrogens (tertiary/aromatic N) is 1. The third-order valence-corrected chi connectivity index (χ3v) is 6.33. The zero-order chi connectivity index (χ0) is 20.9. The van der Waals surface area contributed by atoms with Crippen molar-refractivity contribution in [1.82, 2.24) is 4.90 Å². The van der Waals surface area contributed by atoms with Gasteiger partial charge in [0, 0.05) is 26.1 Å². The third-order valence-electron chi connectivity index (χ3n) is 6.33. The van der Waals surface area contributed by atoms with Gasteiger partial charge in [0.25, 0.3) is 0 Å². The molecule has 0 saturated carbocycles. The van der Waals surface area contributed by atoms with Crippen molar-refractivity contribution in [3.8, 4) is 0 Å². The van der Waals surface area contributed by atoms with Crippen LogP contribution >= 0.6 is 0 Å². The highest BCUT2D eigenvalue weighted by Crippen LogP contribution is 2.34. The summed E-state index contributed by atoms with van der Waals surface area (Å²) in [6.45, 7) is 9.79. The van der Waals surface area contributed by atoms with Crippen LogP contribution in [-0.4, -0.2) is 35.6 Å². The van der Waals surface area contributed by atoms with E-state index >= 15 is 0 Å². The summed E-state index contributed by atoms with van der Waals surface area (Å²) < 4.78 is 5.88. The van der Waals surface area contributed by atoms with Crippen LogP contribution in [0.15, 0.2) is 60.7 Å². The van der Waals surface area contributed by atoms with E-state index in [0.717, 1.165) is 38.8 Å². The van der Waals surface area contributed by atoms with Gasteiger partial charge in [-0.25, -0.2) is 0 Å². The quantitative estimate of drug-likeness (QED) is 0.632. The lowest BCUT2D eigenvalue weighted by Gasteiger charge is -2.42. The second kappa shape index (κ2) is 9.13. The number of benzene rings is 2. The van der Waals surface area contributed by atoms with Gasteiger partial charge in [-0.1, -0.05) is 67.6 Å². The normalized spacial score (nSPS) is 20.6. The van der Waals surface area contributed by atoms with E-state index in [4.69, 9.17) is 4.74 Å². The smallest absolute Gasteiger partial charge is 0.219 e. The molecular weight excluding hydrogens is 358 g/mol. The molecule has 1 amide bonds. The Balaban J connectivity index is 1.80. The number of rotatable bonds is 7. The number of ether oxygens (including phenoxy) is 1. The Bertz CT molecular complexity index is 787. The number of amides is 1. The average molecular weight is 394 g/mol. The van der Waals surface area contributed by atoms with E-state index < -0.39 is 0 Å². The first-order chi connectivity index (χ1) is 13.8. The Morgan fingerprint density at radius 3 is 2.31 bits per heavy atom. The zero-order valence-electron chi connectivity index (χ0n) is 18.4. The van der Waals surface area contributed by atoms with E-state index in [1.165, 1.54) is 11.1 Å². The van der Waals surface area contributed by atoms with Gasteiger partial charge in [0.2, 0.25) is 5.91 Å². The minimum absolute atomic E-state index is 0.0308. The largest absolute Gasteiger partial charge is 0.375 e. The average Bonchev–Trinajstić information content (AvgIpc) is 2.68. The minimum atomic E-state index is -0.163. The topological polar surface area (TPSA) is 29.5 Å². The van der Waals surface area contributed by atoms with Crippen molar-refractivity contribution >= 4 is 5.91 Å². The van der Waals surface area contributed by atoms with Crippen LogP contribution in [0.2, 0.25) is 0 Å². The highest BCUT2D eigenvalue weighted by atomic mass is 16.5. The standard InChI is InChI=1S/C26H35NO2/c1-21(28)27(24-15-18-29-25(2,3)20-24)17-16-26(4,23-13-9-6-10-14-23)19-22-11-7-5-8-12-22/h5-14,24H,15-20H2,1-4H3/t24-,26-/m1/s1. The molecule has 3 heteroatoms. The second-order valence-corrected chi connectivity index (χ2v) is 9.31. The van der Waals surface area contributed by atoms with Crippen molar-refractivity contribution in [2.75, 3.05) is 13.2 Å². The predicted octanol–water partition coefficient (Wildman–Crippen LogP) is 5.38. The molecule has 2 aromatic rings. The molecule has 2 atom stereocenters. The molecule has 3 nitrogen and oxygen atoms in total. The molecule has 29 heavy (non-hydrogen) atoms. The predicted molar refractivity (Wildman–Crippen MR) is 119 cm³/mol. The molecule has 1 aliphatic rings. The molecule has 0 radical (unpaired) electrons. The monoisotopic (exact) mass is 393 g/mol. The SMILES string of the molecule is CC(=O)N(CC[C@](C)(Cc1ccccc1)c1ccccc1)[C@@H]1CCOC(C)(C)C1. The van der Waals surface area contributed by atoms with Crippen molar-refractivity contribution in [3.63, 3.8) is 0 Å². The first-order valence-electron chi connectivity index (χ1n) is 10.8. The van der Waals surface area contributed by atoms with Crippen molar-refractivity contribution in [2.24, 2.45) is 0 Å². The molecule has 156 valence electrons. The van der Waals surface area contributed by atoms with Crippen LogP contribution in [0, 0.1) is 0 Å². The maximum absolute atomic E-state index is 12.6. The number of hydrogen-bond donors (Lipinski definition) is 0. The van der Waals surface area contributed by atoms with Crippen LogP contribution in [-0.2, 0) is 21.4 Å². The summed E-state index contributed by atoms with van der Waals surface area (Å²) in [5.74, 6) is 0.169. The summed E-state index contributed by atoms with van der Waals surface area (Å²) in [7, 11) is 0. The molecule has 2 aromatic carbocycles. The Morgan fingerprint density at radius 2 is 1.72 bits per heavy atom. The minimum Gasteiger partial charge on any atom is -0.375 e. The van der Waals surface area contributed by atoms with Crippen LogP contribution in [0.4, 0.5) is 0 Å². The summed E-state index contributed by atoms with van der Waals surface area (Å²) in [6, 6.07) is 21.7. The van der Waals surface area contributed by atoms with Crippen molar-refractivity contribution < 1.29 is 9.53 Å². The Labute approximate surface area is 176 Å². The summed E-state index contributed by atoms with van der Waals surface area (Å²) >= 11 is 0. The van der Waals surface area contributed by atoms with Crippen LogP contribution in [0.5, 0.6) is 0 Å². The van der Waals surface area contributed by atoms with Gasteiger partial charge in [-0.3, -0.25) is 4.79 Å². The molecule has 1 heterocycles. The summed E-state index contributed by atoms with van der Waals surface area (Å²) in [4.78, 5) is 14.6. The lowest BCUT2D eigenvalue weighted by molar-refractivity contribution is -0.138. The number of carbonyl (C=O) groups excluding carboxylic acids is 1. The Hall–Kier alpha value is -2.13. The van der Waals surface area contributed by atoms with Crippen LogP contribution in [0.1, 0.15) is 58.1 Å². The highest BCUT2D eigenvalue weighted by molar-refractivity contribution is 5.73. The molecular formula is C26H35NO2. The second-order valence-electron chi connectivity index (χ2n) is 9.31. The molecule has 0 aliphatic carbocycles. The third kappa shape index (κ3) is 5.70. The van der Waals surface area contributed by atoms with E-state index in [1.807, 2.05) is 0 Å². The van der Waals surface area contributed by atoms with E-state index in [2.05, 4.69) is 86.3 Å². The lowest BCUT2D eigenvalue weighted by atomic mass is 9.74. The molecule has 0 aromatic heterocycles. The van der Waals surface area contributed by atoms with Gasteiger partial charge in [-0.15, -0.1) is 0 Å². The molecule has 1 fully saturated rings. The number of hydrogen-bond acceptors (Lipinski definition) is 2. The Kier molecular flexibility index (Phi) is 6.79. The maximum atomic E-state index is 12.6. The summed E-state index contributed by atoms with van der Waals surface area (Å²) in [5, 5.41) is 0. The van der Waals surface area contributed by atoms with Gasteiger partial charge in [-0.05, 0) is 56.1 Å².